The fraction of sp³-hybridized carbons (Fsp3) is 0.242. The number of amides is 2. The predicted octanol–water partition coefficient (Wildman–Crippen LogP) is 4.20. The molecule has 6 rings (SSSR count). The third-order valence-corrected chi connectivity index (χ3v) is 7.74. The molecule has 0 spiro atoms. The number of halogens is 2. The molecule has 0 aliphatic carbocycles. The van der Waals surface area contributed by atoms with Gasteiger partial charge in [-0.2, -0.15) is 0 Å². The molecule has 3 aromatic carbocycles. The number of carbonyl (C=O) groups is 2. The van der Waals surface area contributed by atoms with Crippen molar-refractivity contribution in [2.24, 2.45) is 0 Å². The first kappa shape index (κ1) is 29.2. The van der Waals surface area contributed by atoms with Gasteiger partial charge >= 0.3 is 0 Å². The zero-order valence-corrected chi connectivity index (χ0v) is 23.7. The highest BCUT2D eigenvalue weighted by molar-refractivity contribution is 5.99. The first-order chi connectivity index (χ1) is 21.4. The molecule has 3 heterocycles. The van der Waals surface area contributed by atoms with Crippen LogP contribution in [0.4, 0.5) is 8.78 Å². The number of nitrogens with zero attached hydrogens (tertiary/aromatic N) is 2. The van der Waals surface area contributed by atoms with E-state index in [4.69, 9.17) is 14.2 Å². The van der Waals surface area contributed by atoms with E-state index in [2.05, 4.69) is 5.32 Å². The number of ether oxygens (including phenoxy) is 3. The molecule has 0 radical (unpaired) electrons. The van der Waals surface area contributed by atoms with E-state index in [0.717, 1.165) is 17.2 Å². The number of aromatic nitrogens is 1. The lowest BCUT2D eigenvalue weighted by Gasteiger charge is -2.35. The summed E-state index contributed by atoms with van der Waals surface area (Å²) in [5.74, 6) is -3.16. The summed E-state index contributed by atoms with van der Waals surface area (Å²) < 4.78 is 46.9. The minimum Gasteiger partial charge on any atom is -0.483 e. The maximum atomic E-state index is 14.2. The summed E-state index contributed by atoms with van der Waals surface area (Å²) in [6, 6.07) is 21.1. The third kappa shape index (κ3) is 5.59. The summed E-state index contributed by atoms with van der Waals surface area (Å²) in [5, 5.41) is 2.52. The summed E-state index contributed by atoms with van der Waals surface area (Å²) >= 11 is 0. The van der Waals surface area contributed by atoms with Gasteiger partial charge in [0.25, 0.3) is 11.8 Å². The number of hydrogen-bond acceptors (Lipinski definition) is 6. The molecule has 1 fully saturated rings. The molecule has 2 aliphatic rings. The summed E-state index contributed by atoms with van der Waals surface area (Å²) in [4.78, 5) is 42.9. The van der Waals surface area contributed by atoms with E-state index in [-0.39, 0.29) is 48.9 Å². The Balaban J connectivity index is 1.37. The van der Waals surface area contributed by atoms with E-state index in [0.29, 0.717) is 6.07 Å². The highest BCUT2D eigenvalue weighted by atomic mass is 19.1. The molecule has 2 aliphatic heterocycles. The van der Waals surface area contributed by atoms with Crippen molar-refractivity contribution in [3.63, 3.8) is 0 Å². The Labute approximate surface area is 251 Å². The van der Waals surface area contributed by atoms with Gasteiger partial charge in [0.2, 0.25) is 5.43 Å². The van der Waals surface area contributed by atoms with Crippen molar-refractivity contribution in [3.05, 3.63) is 135 Å². The number of pyridine rings is 1. The van der Waals surface area contributed by atoms with Gasteiger partial charge in [-0.1, -0.05) is 66.7 Å². The summed E-state index contributed by atoms with van der Waals surface area (Å²) in [6.07, 6.45) is 0.0891. The van der Waals surface area contributed by atoms with E-state index in [1.165, 1.54) is 16.8 Å². The molecule has 44 heavy (non-hydrogen) atoms. The maximum Gasteiger partial charge on any atom is 0.277 e. The number of hydrogen-bond donors (Lipinski definition) is 1. The fourth-order valence-corrected chi connectivity index (χ4v) is 5.63. The number of rotatable bonds is 9. The van der Waals surface area contributed by atoms with Crippen LogP contribution >= 0.6 is 0 Å². The van der Waals surface area contributed by atoms with Crippen molar-refractivity contribution >= 4 is 11.8 Å². The minimum absolute atomic E-state index is 0.0123. The van der Waals surface area contributed by atoms with Gasteiger partial charge < -0.3 is 29.0 Å². The number of benzene rings is 3. The van der Waals surface area contributed by atoms with Crippen molar-refractivity contribution in [1.29, 1.82) is 0 Å². The van der Waals surface area contributed by atoms with Gasteiger partial charge in [0, 0.05) is 31.5 Å². The summed E-state index contributed by atoms with van der Waals surface area (Å²) in [6.45, 7) is -0.0231. The van der Waals surface area contributed by atoms with E-state index in [1.807, 2.05) is 60.7 Å². The first-order valence-electron chi connectivity index (χ1n) is 14.0. The van der Waals surface area contributed by atoms with Crippen LogP contribution in [-0.4, -0.2) is 47.3 Å². The van der Waals surface area contributed by atoms with Crippen molar-refractivity contribution in [3.8, 4) is 5.75 Å². The molecule has 3 atom stereocenters. The van der Waals surface area contributed by atoms with Crippen LogP contribution < -0.4 is 15.5 Å². The monoisotopic (exact) mass is 601 g/mol. The highest BCUT2D eigenvalue weighted by Crippen LogP contribution is 2.40. The summed E-state index contributed by atoms with van der Waals surface area (Å²) in [5.41, 5.74) is 0.551. The van der Waals surface area contributed by atoms with Crippen LogP contribution in [-0.2, 0) is 29.2 Å². The molecule has 2 amide bonds. The molecular weight excluding hydrogens is 572 g/mol. The van der Waals surface area contributed by atoms with Crippen LogP contribution in [0.2, 0.25) is 0 Å². The van der Waals surface area contributed by atoms with E-state index in [9.17, 15) is 23.2 Å². The Hall–Kier alpha value is -4.87. The van der Waals surface area contributed by atoms with Crippen LogP contribution in [0.5, 0.6) is 5.75 Å². The molecule has 226 valence electrons. The standard InChI is InChI=1S/C33H29F2N3O6/c1-42-19-26-30(21-10-6-3-7-11-21)44-27-17-37-16-24(32(40)36-15-22-12-13-23(34)14-25(22)35)29(39)31(28(37)33(41)38(26)27)43-18-20-8-4-2-5-9-20/h2-14,16,26-27,30H,15,17-19H2,1H3,(H,36,40). The number of fused-ring (bicyclic) bond motifs is 2. The Morgan fingerprint density at radius 3 is 2.45 bits per heavy atom. The highest BCUT2D eigenvalue weighted by Gasteiger charge is 2.50. The largest absolute Gasteiger partial charge is 0.483 e. The molecule has 11 heteroatoms. The predicted molar refractivity (Wildman–Crippen MR) is 155 cm³/mol. The zero-order valence-electron chi connectivity index (χ0n) is 23.7. The zero-order chi connectivity index (χ0) is 30.8. The molecule has 1 aromatic heterocycles. The van der Waals surface area contributed by atoms with Crippen molar-refractivity contribution in [1.82, 2.24) is 14.8 Å². The lowest BCUT2D eigenvalue weighted by Crippen LogP contribution is -2.51. The molecule has 0 saturated carbocycles. The Kier molecular flexibility index (Phi) is 8.23. The van der Waals surface area contributed by atoms with Gasteiger partial charge in [0.1, 0.15) is 29.9 Å². The lowest BCUT2D eigenvalue weighted by atomic mass is 10.0. The van der Waals surface area contributed by atoms with Gasteiger partial charge in [-0.05, 0) is 17.2 Å². The van der Waals surface area contributed by atoms with Gasteiger partial charge in [-0.25, -0.2) is 8.78 Å². The molecule has 1 N–H and O–H groups in total. The van der Waals surface area contributed by atoms with Crippen LogP contribution in [0, 0.1) is 11.6 Å². The number of carbonyl (C=O) groups excluding carboxylic acids is 2. The second-order valence-electron chi connectivity index (χ2n) is 10.6. The normalized spacial score (nSPS) is 18.9. The van der Waals surface area contributed by atoms with E-state index < -0.39 is 47.3 Å². The first-order valence-corrected chi connectivity index (χ1v) is 14.0. The van der Waals surface area contributed by atoms with Crippen LogP contribution in [0.3, 0.4) is 0 Å². The Morgan fingerprint density at radius 2 is 1.75 bits per heavy atom. The molecule has 0 bridgehead atoms. The van der Waals surface area contributed by atoms with E-state index >= 15 is 0 Å². The average molecular weight is 602 g/mol. The summed E-state index contributed by atoms with van der Waals surface area (Å²) in [7, 11) is 1.54. The van der Waals surface area contributed by atoms with Crippen LogP contribution in [0.1, 0.15) is 43.6 Å². The molecule has 9 nitrogen and oxygen atoms in total. The van der Waals surface area contributed by atoms with Gasteiger partial charge in [-0.15, -0.1) is 0 Å². The van der Waals surface area contributed by atoms with Crippen LogP contribution in [0.25, 0.3) is 0 Å². The van der Waals surface area contributed by atoms with Gasteiger partial charge in [-0.3, -0.25) is 14.4 Å². The molecule has 1 saturated heterocycles. The maximum absolute atomic E-state index is 14.2. The van der Waals surface area contributed by atoms with Gasteiger partial charge in [0.15, 0.2) is 17.7 Å². The smallest absolute Gasteiger partial charge is 0.277 e. The van der Waals surface area contributed by atoms with Crippen molar-refractivity contribution < 1.29 is 32.6 Å². The fourth-order valence-electron chi connectivity index (χ4n) is 5.63. The van der Waals surface area contributed by atoms with Crippen LogP contribution in [0.15, 0.2) is 89.9 Å². The number of methoxy groups -OCH3 is 1. The molecular formula is C33H29F2N3O6. The SMILES string of the molecule is COCC1C(c2ccccc2)OC2Cn3cc(C(=O)NCc4ccc(F)cc4F)c(=O)c(OCc4ccccc4)c3C(=O)N21. The van der Waals surface area contributed by atoms with E-state index in [1.54, 1.807) is 12.0 Å². The minimum atomic E-state index is -0.831. The average Bonchev–Trinajstić information content (AvgIpc) is 3.39. The van der Waals surface area contributed by atoms with Crippen molar-refractivity contribution in [2.75, 3.05) is 13.7 Å². The molecule has 4 aromatic rings. The Morgan fingerprint density at radius 1 is 1.02 bits per heavy atom. The quantitative estimate of drug-likeness (QED) is 0.309. The second kappa shape index (κ2) is 12.4. The van der Waals surface area contributed by atoms with Crippen molar-refractivity contribution in [2.45, 2.75) is 38.1 Å². The topological polar surface area (TPSA) is 99.1 Å². The Bertz CT molecular complexity index is 1750. The van der Waals surface area contributed by atoms with Gasteiger partial charge in [0.05, 0.1) is 19.2 Å². The second-order valence-corrected chi connectivity index (χ2v) is 10.6. The third-order valence-electron chi connectivity index (χ3n) is 7.74. The molecule has 3 unspecified atom stereocenters. The lowest BCUT2D eigenvalue weighted by molar-refractivity contribution is -0.0156. The number of nitrogens with one attached hydrogen (secondary N) is 1.